The quantitative estimate of drug-likeness (QED) is 0.594. The number of rotatable bonds is 10. The highest BCUT2D eigenvalue weighted by atomic mass is 16.5. The summed E-state index contributed by atoms with van der Waals surface area (Å²) in [6, 6.07) is -0.0948. The Balaban J connectivity index is 3.77. The minimum atomic E-state index is -0.334. The molecule has 17 heavy (non-hydrogen) atoms. The number of ether oxygens (including phenoxy) is 2. The second-order valence-corrected chi connectivity index (χ2v) is 4.41. The average molecular weight is 246 g/mol. The normalized spacial score (nSPS) is 14.9. The highest BCUT2D eigenvalue weighted by molar-refractivity contribution is 5.79. The third kappa shape index (κ3) is 9.09. The Morgan fingerprint density at radius 1 is 1.35 bits per heavy atom. The molecule has 0 fully saturated rings. The van der Waals surface area contributed by atoms with E-state index in [9.17, 15) is 4.79 Å². The van der Waals surface area contributed by atoms with E-state index < -0.39 is 0 Å². The van der Waals surface area contributed by atoms with Gasteiger partial charge in [0.2, 0.25) is 5.91 Å². The topological polar surface area (TPSA) is 73.6 Å². The van der Waals surface area contributed by atoms with Gasteiger partial charge in [-0.15, -0.1) is 0 Å². The van der Waals surface area contributed by atoms with Crippen LogP contribution in [0.25, 0.3) is 0 Å². The van der Waals surface area contributed by atoms with Crippen molar-refractivity contribution in [1.29, 1.82) is 0 Å². The third-order valence-corrected chi connectivity index (χ3v) is 2.24. The zero-order valence-electron chi connectivity index (χ0n) is 11.4. The third-order valence-electron chi connectivity index (χ3n) is 2.24. The van der Waals surface area contributed by atoms with Gasteiger partial charge in [0, 0.05) is 19.3 Å². The average Bonchev–Trinajstić information content (AvgIpc) is 2.24. The highest BCUT2D eigenvalue weighted by Gasteiger charge is 2.16. The summed E-state index contributed by atoms with van der Waals surface area (Å²) in [6.45, 7) is 9.62. The van der Waals surface area contributed by atoms with Gasteiger partial charge in [-0.2, -0.15) is 0 Å². The lowest BCUT2D eigenvalue weighted by molar-refractivity contribution is -0.120. The van der Waals surface area contributed by atoms with E-state index in [0.29, 0.717) is 26.2 Å². The van der Waals surface area contributed by atoms with Crippen LogP contribution < -0.4 is 11.1 Å². The number of hydrogen-bond donors (Lipinski definition) is 2. The number of nitrogens with one attached hydrogen (secondary N) is 1. The van der Waals surface area contributed by atoms with Crippen molar-refractivity contribution in [3.8, 4) is 0 Å². The Bertz CT molecular complexity index is 210. The van der Waals surface area contributed by atoms with Crippen molar-refractivity contribution in [1.82, 2.24) is 5.32 Å². The molecule has 0 saturated heterocycles. The monoisotopic (exact) mass is 246 g/mol. The molecule has 5 heteroatoms. The van der Waals surface area contributed by atoms with Gasteiger partial charge in [0.25, 0.3) is 0 Å². The number of nitrogens with two attached hydrogens (primary N) is 1. The zero-order chi connectivity index (χ0) is 13.3. The summed E-state index contributed by atoms with van der Waals surface area (Å²) in [6.07, 6.45) is 0.631. The summed E-state index contributed by atoms with van der Waals surface area (Å²) in [7, 11) is 0. The van der Waals surface area contributed by atoms with Gasteiger partial charge in [-0.25, -0.2) is 0 Å². The number of carbonyl (C=O) groups is 1. The van der Waals surface area contributed by atoms with Gasteiger partial charge in [0.1, 0.15) is 0 Å². The molecule has 0 rings (SSSR count). The van der Waals surface area contributed by atoms with Gasteiger partial charge in [-0.3, -0.25) is 4.79 Å². The molecule has 0 aromatic heterocycles. The second kappa shape index (κ2) is 9.39. The van der Waals surface area contributed by atoms with E-state index in [1.54, 1.807) is 0 Å². The Morgan fingerprint density at radius 3 is 2.47 bits per heavy atom. The molecule has 102 valence electrons. The minimum absolute atomic E-state index is 0.0440. The maximum absolute atomic E-state index is 11.2. The van der Waals surface area contributed by atoms with Crippen LogP contribution in [0.2, 0.25) is 0 Å². The molecule has 0 radical (unpaired) electrons. The highest BCUT2D eigenvalue weighted by Crippen LogP contribution is 1.98. The maximum Gasteiger partial charge on any atom is 0.234 e. The first kappa shape index (κ1) is 16.4. The van der Waals surface area contributed by atoms with Crippen molar-refractivity contribution in [3.63, 3.8) is 0 Å². The van der Waals surface area contributed by atoms with Gasteiger partial charge in [-0.1, -0.05) is 13.8 Å². The van der Waals surface area contributed by atoms with Crippen molar-refractivity contribution < 1.29 is 14.3 Å². The van der Waals surface area contributed by atoms with E-state index >= 15 is 0 Å². The van der Waals surface area contributed by atoms with E-state index in [0.717, 1.165) is 0 Å². The standard InChI is InChI=1S/C12H26N2O3/c1-5-16-8-10(4)17-7-6-11(12(13)15)14-9(2)3/h9-11,14H,5-8H2,1-4H3,(H2,13,15). The molecule has 0 aliphatic carbocycles. The summed E-state index contributed by atoms with van der Waals surface area (Å²) in [5, 5.41) is 3.11. The summed E-state index contributed by atoms with van der Waals surface area (Å²) in [5.41, 5.74) is 5.30. The summed E-state index contributed by atoms with van der Waals surface area (Å²) in [4.78, 5) is 11.2. The van der Waals surface area contributed by atoms with Crippen LogP contribution in [0.4, 0.5) is 0 Å². The van der Waals surface area contributed by atoms with Crippen LogP contribution in [-0.2, 0) is 14.3 Å². The fourth-order valence-corrected chi connectivity index (χ4v) is 1.43. The number of amides is 1. The van der Waals surface area contributed by atoms with Crippen LogP contribution in [0.3, 0.4) is 0 Å². The molecule has 2 unspecified atom stereocenters. The van der Waals surface area contributed by atoms with Crippen molar-refractivity contribution in [2.45, 2.75) is 52.3 Å². The summed E-state index contributed by atoms with van der Waals surface area (Å²) in [5.74, 6) is -0.334. The van der Waals surface area contributed by atoms with Gasteiger partial charge in [0.05, 0.1) is 18.8 Å². The van der Waals surface area contributed by atoms with Gasteiger partial charge >= 0.3 is 0 Å². The van der Waals surface area contributed by atoms with Crippen LogP contribution in [0.1, 0.15) is 34.1 Å². The first-order chi connectivity index (χ1) is 7.97. The molecule has 0 aromatic carbocycles. The Hall–Kier alpha value is -0.650. The Labute approximate surface area is 104 Å². The van der Waals surface area contributed by atoms with Crippen LogP contribution >= 0.6 is 0 Å². The fraction of sp³-hybridized carbons (Fsp3) is 0.917. The smallest absolute Gasteiger partial charge is 0.234 e. The van der Waals surface area contributed by atoms with Crippen LogP contribution in [0.15, 0.2) is 0 Å². The van der Waals surface area contributed by atoms with Crippen LogP contribution in [-0.4, -0.2) is 43.9 Å². The van der Waals surface area contributed by atoms with Crippen molar-refractivity contribution in [3.05, 3.63) is 0 Å². The number of carbonyl (C=O) groups excluding carboxylic acids is 1. The molecule has 5 nitrogen and oxygen atoms in total. The molecular weight excluding hydrogens is 220 g/mol. The molecule has 0 saturated carbocycles. The van der Waals surface area contributed by atoms with E-state index in [4.69, 9.17) is 15.2 Å². The molecule has 0 heterocycles. The lowest BCUT2D eigenvalue weighted by Gasteiger charge is -2.19. The van der Waals surface area contributed by atoms with E-state index in [1.165, 1.54) is 0 Å². The first-order valence-electron chi connectivity index (χ1n) is 6.22. The predicted molar refractivity (Wildman–Crippen MR) is 67.8 cm³/mol. The zero-order valence-corrected chi connectivity index (χ0v) is 11.4. The summed E-state index contributed by atoms with van der Waals surface area (Å²) < 4.78 is 10.8. The first-order valence-corrected chi connectivity index (χ1v) is 6.22. The second-order valence-electron chi connectivity index (χ2n) is 4.41. The Morgan fingerprint density at radius 2 is 2.00 bits per heavy atom. The van der Waals surface area contributed by atoms with E-state index in [-0.39, 0.29) is 24.1 Å². The fourth-order valence-electron chi connectivity index (χ4n) is 1.43. The molecule has 0 aromatic rings. The van der Waals surface area contributed by atoms with Gasteiger partial charge < -0.3 is 20.5 Å². The molecular formula is C12H26N2O3. The molecule has 0 spiro atoms. The molecule has 1 amide bonds. The molecule has 0 bridgehead atoms. The predicted octanol–water partition coefficient (Wildman–Crippen LogP) is 0.670. The number of primary amides is 1. The van der Waals surface area contributed by atoms with E-state index in [2.05, 4.69) is 5.32 Å². The van der Waals surface area contributed by atoms with Gasteiger partial charge in [0.15, 0.2) is 0 Å². The van der Waals surface area contributed by atoms with Crippen molar-refractivity contribution in [2.24, 2.45) is 5.73 Å². The largest absolute Gasteiger partial charge is 0.379 e. The SMILES string of the molecule is CCOCC(C)OCCC(NC(C)C)C(N)=O. The molecule has 3 N–H and O–H groups in total. The summed E-state index contributed by atoms with van der Waals surface area (Å²) >= 11 is 0. The van der Waals surface area contributed by atoms with Crippen LogP contribution in [0.5, 0.6) is 0 Å². The maximum atomic E-state index is 11.2. The van der Waals surface area contributed by atoms with Crippen molar-refractivity contribution in [2.75, 3.05) is 19.8 Å². The minimum Gasteiger partial charge on any atom is -0.379 e. The molecule has 0 aliphatic rings. The molecule has 2 atom stereocenters. The number of hydrogen-bond acceptors (Lipinski definition) is 4. The molecule has 0 aliphatic heterocycles. The van der Waals surface area contributed by atoms with Crippen molar-refractivity contribution >= 4 is 5.91 Å². The lowest BCUT2D eigenvalue weighted by Crippen LogP contribution is -2.45. The lowest BCUT2D eigenvalue weighted by atomic mass is 10.2. The van der Waals surface area contributed by atoms with Crippen LogP contribution in [0, 0.1) is 0 Å². The van der Waals surface area contributed by atoms with Gasteiger partial charge in [-0.05, 0) is 20.3 Å². The Kier molecular flexibility index (Phi) is 9.03. The van der Waals surface area contributed by atoms with E-state index in [1.807, 2.05) is 27.7 Å².